The van der Waals surface area contributed by atoms with Crippen LogP contribution in [0.2, 0.25) is 0 Å². The molecule has 0 aromatic rings. The molecule has 0 spiro atoms. The summed E-state index contributed by atoms with van der Waals surface area (Å²) in [6, 6.07) is -1.52. The highest BCUT2D eigenvalue weighted by molar-refractivity contribution is 7.47. The van der Waals surface area contributed by atoms with Crippen molar-refractivity contribution in [3.63, 3.8) is 0 Å². The molecule has 296 valence electrons. The molecule has 12 heteroatoms. The lowest BCUT2D eigenvalue weighted by atomic mass is 10.1. The molecular formula is C39H70NO10P. The van der Waals surface area contributed by atoms with Gasteiger partial charge in [0.1, 0.15) is 12.6 Å². The SMILES string of the molecule is CCCCC/C=C\C/C=C\CCCCCCCC(=O)OC(COC(=O)CCCCCCC/C=C\CCCCC)COP(=O)(O)OCC(N)C(=O)O. The number of nitrogens with two attached hydrogens (primary N) is 1. The molecule has 0 aliphatic rings. The summed E-state index contributed by atoms with van der Waals surface area (Å²) in [4.78, 5) is 45.7. The van der Waals surface area contributed by atoms with Crippen LogP contribution in [0, 0.1) is 0 Å². The third kappa shape index (κ3) is 34.5. The first kappa shape index (κ1) is 48.7. The number of ether oxygens (including phenoxy) is 2. The smallest absolute Gasteiger partial charge is 0.472 e. The number of hydrogen-bond donors (Lipinski definition) is 3. The number of allylic oxidation sites excluding steroid dienone is 6. The van der Waals surface area contributed by atoms with Crippen molar-refractivity contribution < 1.29 is 47.5 Å². The van der Waals surface area contributed by atoms with Crippen molar-refractivity contribution in [1.29, 1.82) is 0 Å². The molecule has 0 heterocycles. The Balaban J connectivity index is 4.47. The first-order valence-corrected chi connectivity index (χ1v) is 21.0. The molecule has 0 radical (unpaired) electrons. The van der Waals surface area contributed by atoms with Gasteiger partial charge in [-0.15, -0.1) is 0 Å². The molecule has 0 rings (SSSR count). The van der Waals surface area contributed by atoms with Gasteiger partial charge < -0.3 is 25.2 Å². The van der Waals surface area contributed by atoms with Gasteiger partial charge in [-0.3, -0.25) is 23.4 Å². The molecule has 0 saturated heterocycles. The lowest BCUT2D eigenvalue weighted by Crippen LogP contribution is -2.34. The third-order valence-electron chi connectivity index (χ3n) is 8.11. The minimum Gasteiger partial charge on any atom is -0.480 e. The molecule has 51 heavy (non-hydrogen) atoms. The van der Waals surface area contributed by atoms with Crippen LogP contribution in [0.25, 0.3) is 0 Å². The average molecular weight is 744 g/mol. The van der Waals surface area contributed by atoms with Gasteiger partial charge in [0.2, 0.25) is 0 Å². The van der Waals surface area contributed by atoms with E-state index in [-0.39, 0.29) is 19.4 Å². The van der Waals surface area contributed by atoms with Gasteiger partial charge in [-0.1, -0.05) is 115 Å². The van der Waals surface area contributed by atoms with E-state index in [0.717, 1.165) is 83.5 Å². The first-order valence-electron chi connectivity index (χ1n) is 19.5. The second-order valence-electron chi connectivity index (χ2n) is 13.1. The molecule has 3 unspecified atom stereocenters. The predicted molar refractivity (Wildman–Crippen MR) is 203 cm³/mol. The summed E-state index contributed by atoms with van der Waals surface area (Å²) in [5.41, 5.74) is 5.31. The topological polar surface area (TPSA) is 172 Å². The molecule has 0 aliphatic heterocycles. The van der Waals surface area contributed by atoms with Crippen LogP contribution in [-0.4, -0.2) is 59.9 Å². The quantitative estimate of drug-likeness (QED) is 0.0241. The Labute approximate surface area is 308 Å². The summed E-state index contributed by atoms with van der Waals surface area (Å²) in [5.74, 6) is -2.41. The standard InChI is InChI=1S/C39H70NO10P/c1-3-5-7-9-11-13-15-17-18-19-21-23-25-27-29-31-38(42)50-35(33-48-51(45,46)49-34-36(40)39(43)44)32-47-37(41)30-28-26-24-22-20-16-14-12-10-8-6-4-2/h11-14,17-18,35-36H,3-10,15-16,19-34,40H2,1-2H3,(H,43,44)(H,45,46)/b13-11-,14-12-,18-17-. The maximum absolute atomic E-state index is 12.6. The van der Waals surface area contributed by atoms with Gasteiger partial charge in [-0.05, 0) is 70.6 Å². The van der Waals surface area contributed by atoms with E-state index in [0.29, 0.717) is 12.8 Å². The Morgan fingerprint density at radius 2 is 1.04 bits per heavy atom. The number of esters is 2. The number of aliphatic carboxylic acids is 1. The number of unbranched alkanes of at least 4 members (excludes halogenated alkanes) is 16. The summed E-state index contributed by atoms with van der Waals surface area (Å²) in [7, 11) is -4.71. The van der Waals surface area contributed by atoms with Crippen molar-refractivity contribution in [3.8, 4) is 0 Å². The Morgan fingerprint density at radius 3 is 1.55 bits per heavy atom. The zero-order valence-corrected chi connectivity index (χ0v) is 32.6. The molecule has 11 nitrogen and oxygen atoms in total. The predicted octanol–water partition coefficient (Wildman–Crippen LogP) is 9.67. The van der Waals surface area contributed by atoms with Crippen molar-refractivity contribution in [2.45, 2.75) is 174 Å². The van der Waals surface area contributed by atoms with Crippen molar-refractivity contribution >= 4 is 25.7 Å². The van der Waals surface area contributed by atoms with E-state index < -0.39 is 51.1 Å². The van der Waals surface area contributed by atoms with Crippen molar-refractivity contribution in [1.82, 2.24) is 0 Å². The Morgan fingerprint density at radius 1 is 0.608 bits per heavy atom. The van der Waals surface area contributed by atoms with Gasteiger partial charge in [-0.2, -0.15) is 0 Å². The fraction of sp³-hybridized carbons (Fsp3) is 0.769. The van der Waals surface area contributed by atoms with Crippen LogP contribution < -0.4 is 5.73 Å². The van der Waals surface area contributed by atoms with Crippen molar-refractivity contribution in [2.75, 3.05) is 19.8 Å². The summed E-state index contributed by atoms with van der Waals surface area (Å²) < 4.78 is 32.5. The number of rotatable bonds is 36. The van der Waals surface area contributed by atoms with Crippen LogP contribution in [0.4, 0.5) is 0 Å². The molecular weight excluding hydrogens is 673 g/mol. The fourth-order valence-electron chi connectivity index (χ4n) is 4.97. The minimum atomic E-state index is -4.71. The van der Waals surface area contributed by atoms with Gasteiger partial charge in [0.15, 0.2) is 6.10 Å². The van der Waals surface area contributed by atoms with E-state index >= 15 is 0 Å². The van der Waals surface area contributed by atoms with Crippen LogP contribution in [0.3, 0.4) is 0 Å². The van der Waals surface area contributed by atoms with Gasteiger partial charge >= 0.3 is 25.7 Å². The Kier molecular flexibility index (Phi) is 33.2. The maximum Gasteiger partial charge on any atom is 0.472 e. The monoisotopic (exact) mass is 743 g/mol. The molecule has 0 saturated carbocycles. The molecule has 4 N–H and O–H groups in total. The molecule has 0 fully saturated rings. The third-order valence-corrected chi connectivity index (χ3v) is 9.06. The van der Waals surface area contributed by atoms with Crippen LogP contribution in [0.1, 0.15) is 162 Å². The van der Waals surface area contributed by atoms with Gasteiger partial charge in [-0.25, -0.2) is 4.57 Å². The van der Waals surface area contributed by atoms with E-state index in [9.17, 15) is 23.8 Å². The van der Waals surface area contributed by atoms with Gasteiger partial charge in [0, 0.05) is 12.8 Å². The normalized spacial score (nSPS) is 14.3. The lowest BCUT2D eigenvalue weighted by molar-refractivity contribution is -0.161. The first-order chi connectivity index (χ1) is 24.6. The second-order valence-corrected chi connectivity index (χ2v) is 14.5. The van der Waals surface area contributed by atoms with E-state index in [1.54, 1.807) is 0 Å². The van der Waals surface area contributed by atoms with Crippen LogP contribution >= 0.6 is 7.82 Å². The molecule has 0 bridgehead atoms. The van der Waals surface area contributed by atoms with E-state index in [1.165, 1.54) is 38.5 Å². The van der Waals surface area contributed by atoms with E-state index in [4.69, 9.17) is 24.8 Å². The number of carboxylic acids is 1. The number of carbonyl (C=O) groups is 3. The number of carboxylic acid groups (broad SMARTS) is 1. The van der Waals surface area contributed by atoms with E-state index in [2.05, 4.69) is 54.8 Å². The van der Waals surface area contributed by atoms with Crippen LogP contribution in [0.15, 0.2) is 36.5 Å². The van der Waals surface area contributed by atoms with Crippen LogP contribution in [0.5, 0.6) is 0 Å². The second kappa shape index (κ2) is 34.8. The van der Waals surface area contributed by atoms with Crippen LogP contribution in [-0.2, 0) is 37.5 Å². The van der Waals surface area contributed by atoms with E-state index in [1.807, 2.05) is 0 Å². The van der Waals surface area contributed by atoms with Gasteiger partial charge in [0.05, 0.1) is 13.2 Å². The summed E-state index contributed by atoms with van der Waals surface area (Å²) in [6.07, 6.45) is 35.0. The molecule has 0 aliphatic carbocycles. The highest BCUT2D eigenvalue weighted by atomic mass is 31.2. The lowest BCUT2D eigenvalue weighted by Gasteiger charge is -2.20. The maximum atomic E-state index is 12.6. The molecule has 0 aromatic heterocycles. The van der Waals surface area contributed by atoms with Crippen molar-refractivity contribution in [2.24, 2.45) is 5.73 Å². The number of hydrogen-bond acceptors (Lipinski definition) is 9. The largest absolute Gasteiger partial charge is 0.480 e. The fourth-order valence-corrected chi connectivity index (χ4v) is 5.75. The summed E-state index contributed by atoms with van der Waals surface area (Å²) in [5, 5.41) is 8.86. The number of phosphoric ester groups is 1. The summed E-state index contributed by atoms with van der Waals surface area (Å²) in [6.45, 7) is 2.71. The molecule has 3 atom stereocenters. The number of carbonyl (C=O) groups excluding carboxylic acids is 2. The zero-order chi connectivity index (χ0) is 37.8. The van der Waals surface area contributed by atoms with Gasteiger partial charge in [0.25, 0.3) is 0 Å². The summed E-state index contributed by atoms with van der Waals surface area (Å²) >= 11 is 0. The Bertz CT molecular complexity index is 1020. The highest BCUT2D eigenvalue weighted by Gasteiger charge is 2.28. The zero-order valence-electron chi connectivity index (χ0n) is 31.7. The average Bonchev–Trinajstić information content (AvgIpc) is 3.10. The molecule has 0 amide bonds. The minimum absolute atomic E-state index is 0.143. The van der Waals surface area contributed by atoms with Crippen molar-refractivity contribution in [3.05, 3.63) is 36.5 Å². The Hall–Kier alpha value is -2.30. The highest BCUT2D eigenvalue weighted by Crippen LogP contribution is 2.43. The molecule has 0 aromatic carbocycles. The number of phosphoric acid groups is 1.